The van der Waals surface area contributed by atoms with Gasteiger partial charge in [-0.1, -0.05) is 20.1 Å². The second-order valence-electron chi connectivity index (χ2n) is 6.32. The van der Waals surface area contributed by atoms with E-state index in [4.69, 9.17) is 4.74 Å². The molecule has 106 valence electrons. The van der Waals surface area contributed by atoms with Crippen molar-refractivity contribution >= 4 is 5.97 Å². The van der Waals surface area contributed by atoms with Crippen LogP contribution in [0.25, 0.3) is 0 Å². The molecule has 1 N–H and O–H groups in total. The summed E-state index contributed by atoms with van der Waals surface area (Å²) in [5.74, 6) is 0.138. The molecule has 3 nitrogen and oxygen atoms in total. The molecule has 0 amide bonds. The SMILES string of the molecule is C=C(C(=O)OC)C1CCC2(C)CCC(O)C(=C)C2C1. The molecule has 3 heteroatoms. The Morgan fingerprint density at radius 1 is 1.42 bits per heavy atom. The van der Waals surface area contributed by atoms with Crippen molar-refractivity contribution in [3.63, 3.8) is 0 Å². The van der Waals surface area contributed by atoms with Crippen LogP contribution in [0.15, 0.2) is 24.3 Å². The van der Waals surface area contributed by atoms with Gasteiger partial charge in [-0.05, 0) is 54.9 Å². The van der Waals surface area contributed by atoms with Crippen LogP contribution >= 0.6 is 0 Å². The molecule has 2 saturated carbocycles. The number of aliphatic hydroxyl groups excluding tert-OH is 1. The zero-order valence-electron chi connectivity index (χ0n) is 11.9. The van der Waals surface area contributed by atoms with Gasteiger partial charge in [0.2, 0.25) is 0 Å². The third-order valence-corrected chi connectivity index (χ3v) is 5.23. The van der Waals surface area contributed by atoms with Crippen molar-refractivity contribution in [2.75, 3.05) is 7.11 Å². The van der Waals surface area contributed by atoms with Crippen molar-refractivity contribution in [1.82, 2.24) is 0 Å². The molecule has 0 radical (unpaired) electrons. The van der Waals surface area contributed by atoms with E-state index in [-0.39, 0.29) is 29.3 Å². The molecule has 0 aromatic carbocycles. The van der Waals surface area contributed by atoms with E-state index >= 15 is 0 Å². The van der Waals surface area contributed by atoms with Gasteiger partial charge in [0.25, 0.3) is 0 Å². The third-order valence-electron chi connectivity index (χ3n) is 5.23. The zero-order valence-corrected chi connectivity index (χ0v) is 11.9. The minimum Gasteiger partial charge on any atom is -0.466 e. The van der Waals surface area contributed by atoms with Crippen LogP contribution < -0.4 is 0 Å². The van der Waals surface area contributed by atoms with E-state index in [0.717, 1.165) is 37.7 Å². The van der Waals surface area contributed by atoms with E-state index in [1.165, 1.54) is 7.11 Å². The van der Waals surface area contributed by atoms with Crippen LogP contribution in [0.2, 0.25) is 0 Å². The molecule has 2 aliphatic rings. The fourth-order valence-corrected chi connectivity index (χ4v) is 3.76. The van der Waals surface area contributed by atoms with Gasteiger partial charge in [0, 0.05) is 5.57 Å². The first-order valence-electron chi connectivity index (χ1n) is 7.03. The van der Waals surface area contributed by atoms with Crippen LogP contribution in [0.4, 0.5) is 0 Å². The number of hydrogen-bond donors (Lipinski definition) is 1. The average molecular weight is 264 g/mol. The van der Waals surface area contributed by atoms with Crippen LogP contribution in [-0.2, 0) is 9.53 Å². The van der Waals surface area contributed by atoms with Crippen LogP contribution in [-0.4, -0.2) is 24.3 Å². The Labute approximate surface area is 115 Å². The summed E-state index contributed by atoms with van der Waals surface area (Å²) in [5.41, 5.74) is 1.73. The Kier molecular flexibility index (Phi) is 3.86. The molecule has 0 aliphatic heterocycles. The molecule has 4 atom stereocenters. The van der Waals surface area contributed by atoms with Crippen molar-refractivity contribution < 1.29 is 14.6 Å². The first-order valence-corrected chi connectivity index (χ1v) is 7.03. The molecule has 2 fully saturated rings. The maximum Gasteiger partial charge on any atom is 0.333 e. The highest BCUT2D eigenvalue weighted by molar-refractivity contribution is 5.88. The number of aliphatic hydroxyl groups is 1. The predicted molar refractivity (Wildman–Crippen MR) is 74.5 cm³/mol. The van der Waals surface area contributed by atoms with Crippen molar-refractivity contribution in [2.45, 2.75) is 45.1 Å². The number of carbonyl (C=O) groups excluding carboxylic acids is 1. The zero-order chi connectivity index (χ0) is 14.2. The molecule has 0 saturated heterocycles. The number of carbonyl (C=O) groups is 1. The van der Waals surface area contributed by atoms with Crippen LogP contribution in [0.5, 0.6) is 0 Å². The molecule has 4 unspecified atom stereocenters. The van der Waals surface area contributed by atoms with Gasteiger partial charge in [0.1, 0.15) is 0 Å². The molecule has 2 rings (SSSR count). The number of ether oxygens (including phenoxy) is 1. The lowest BCUT2D eigenvalue weighted by atomic mass is 9.55. The molecule has 0 aromatic rings. The van der Waals surface area contributed by atoms with Crippen molar-refractivity contribution in [2.24, 2.45) is 17.3 Å². The standard InChI is InChI=1S/C16H24O3/c1-10(15(18)19-4)12-5-7-16(3)8-6-14(17)11(2)13(16)9-12/h12-14,17H,1-2,5-9H2,3-4H3. The van der Waals surface area contributed by atoms with E-state index in [0.29, 0.717) is 5.57 Å². The first kappa shape index (κ1) is 14.3. The highest BCUT2D eigenvalue weighted by atomic mass is 16.5. The smallest absolute Gasteiger partial charge is 0.333 e. The topological polar surface area (TPSA) is 46.5 Å². The van der Waals surface area contributed by atoms with Gasteiger partial charge >= 0.3 is 5.97 Å². The molecule has 0 spiro atoms. The van der Waals surface area contributed by atoms with Gasteiger partial charge in [-0.15, -0.1) is 0 Å². The van der Waals surface area contributed by atoms with Gasteiger partial charge in [0.05, 0.1) is 13.2 Å². The second kappa shape index (κ2) is 5.12. The lowest BCUT2D eigenvalue weighted by molar-refractivity contribution is -0.137. The summed E-state index contributed by atoms with van der Waals surface area (Å²) in [6.45, 7) is 10.3. The number of methoxy groups -OCH3 is 1. The maximum absolute atomic E-state index is 11.6. The largest absolute Gasteiger partial charge is 0.466 e. The lowest BCUT2D eigenvalue weighted by Crippen LogP contribution is -2.43. The summed E-state index contributed by atoms with van der Waals surface area (Å²) in [5, 5.41) is 10.00. The summed E-state index contributed by atoms with van der Waals surface area (Å²) in [6, 6.07) is 0. The maximum atomic E-state index is 11.6. The highest BCUT2D eigenvalue weighted by Gasteiger charge is 2.46. The van der Waals surface area contributed by atoms with Gasteiger partial charge in [-0.2, -0.15) is 0 Å². The Bertz CT molecular complexity index is 412. The van der Waals surface area contributed by atoms with Gasteiger partial charge < -0.3 is 9.84 Å². The quantitative estimate of drug-likeness (QED) is 0.474. The second-order valence-corrected chi connectivity index (χ2v) is 6.32. The highest BCUT2D eigenvalue weighted by Crippen LogP contribution is 2.54. The predicted octanol–water partition coefficient (Wildman–Crippen LogP) is 2.85. The fraction of sp³-hybridized carbons (Fsp3) is 0.688. The molecular formula is C16H24O3. The molecule has 0 heterocycles. The molecule has 2 aliphatic carbocycles. The van der Waals surface area contributed by atoms with Crippen molar-refractivity contribution in [3.8, 4) is 0 Å². The molecular weight excluding hydrogens is 240 g/mol. The van der Waals surface area contributed by atoms with Gasteiger partial charge in [0.15, 0.2) is 0 Å². The number of fused-ring (bicyclic) bond motifs is 1. The van der Waals surface area contributed by atoms with E-state index in [2.05, 4.69) is 20.1 Å². The molecule has 19 heavy (non-hydrogen) atoms. The Morgan fingerprint density at radius 3 is 2.68 bits per heavy atom. The average Bonchev–Trinajstić information content (AvgIpc) is 2.41. The van der Waals surface area contributed by atoms with E-state index in [1.807, 2.05) is 0 Å². The Hall–Kier alpha value is -1.09. The van der Waals surface area contributed by atoms with E-state index in [9.17, 15) is 9.90 Å². The number of hydrogen-bond acceptors (Lipinski definition) is 3. The monoisotopic (exact) mass is 264 g/mol. The van der Waals surface area contributed by atoms with Crippen molar-refractivity contribution in [1.29, 1.82) is 0 Å². The Balaban J connectivity index is 2.14. The van der Waals surface area contributed by atoms with E-state index < -0.39 is 0 Å². The van der Waals surface area contributed by atoms with Gasteiger partial charge in [-0.25, -0.2) is 4.79 Å². The Morgan fingerprint density at radius 2 is 2.05 bits per heavy atom. The van der Waals surface area contributed by atoms with Crippen LogP contribution in [0.1, 0.15) is 39.0 Å². The van der Waals surface area contributed by atoms with Crippen molar-refractivity contribution in [3.05, 3.63) is 24.3 Å². The number of rotatable bonds is 2. The van der Waals surface area contributed by atoms with Gasteiger partial charge in [-0.3, -0.25) is 0 Å². The molecule has 0 aromatic heterocycles. The molecule has 0 bridgehead atoms. The first-order chi connectivity index (χ1) is 8.89. The normalized spacial score (nSPS) is 38.5. The minimum absolute atomic E-state index is 0.160. The summed E-state index contributed by atoms with van der Waals surface area (Å²) in [7, 11) is 1.39. The fourth-order valence-electron chi connectivity index (χ4n) is 3.76. The summed E-state index contributed by atoms with van der Waals surface area (Å²) >= 11 is 0. The summed E-state index contributed by atoms with van der Waals surface area (Å²) in [4.78, 5) is 11.6. The third kappa shape index (κ3) is 2.48. The van der Waals surface area contributed by atoms with E-state index in [1.54, 1.807) is 0 Å². The lowest BCUT2D eigenvalue weighted by Gasteiger charge is -2.50. The number of esters is 1. The van der Waals surface area contributed by atoms with Crippen LogP contribution in [0, 0.1) is 17.3 Å². The summed E-state index contributed by atoms with van der Waals surface area (Å²) in [6.07, 6.45) is 4.36. The summed E-state index contributed by atoms with van der Waals surface area (Å²) < 4.78 is 4.76. The minimum atomic E-state index is -0.386. The van der Waals surface area contributed by atoms with Crippen LogP contribution in [0.3, 0.4) is 0 Å².